The molecule has 0 radical (unpaired) electrons. The zero-order valence-electron chi connectivity index (χ0n) is 14.6. The van der Waals surface area contributed by atoms with Crippen LogP contribution in [0.25, 0.3) is 11.1 Å². The number of rotatable bonds is 5. The molecule has 0 aliphatic heterocycles. The van der Waals surface area contributed by atoms with E-state index in [-0.39, 0.29) is 5.91 Å². The van der Waals surface area contributed by atoms with Crippen LogP contribution in [0.5, 0.6) is 5.75 Å². The van der Waals surface area contributed by atoms with Gasteiger partial charge in [0.1, 0.15) is 16.3 Å². The second-order valence-electron chi connectivity index (χ2n) is 5.54. The summed E-state index contributed by atoms with van der Waals surface area (Å²) in [5, 5.41) is 5.46. The van der Waals surface area contributed by atoms with Gasteiger partial charge in [0, 0.05) is 21.5 Å². The fourth-order valence-corrected chi connectivity index (χ4v) is 3.69. The molecule has 1 N–H and O–H groups in total. The molecule has 3 rings (SSSR count). The Hall–Kier alpha value is -2.83. The lowest BCUT2D eigenvalue weighted by Gasteiger charge is -2.08. The highest BCUT2D eigenvalue weighted by Gasteiger charge is 2.22. The van der Waals surface area contributed by atoms with Gasteiger partial charge in [0.2, 0.25) is 0 Å². The molecule has 0 saturated heterocycles. The molecular weight excluding hydrogens is 386 g/mol. The van der Waals surface area contributed by atoms with E-state index in [1.54, 1.807) is 43.5 Å². The molecule has 0 fully saturated rings. The van der Waals surface area contributed by atoms with E-state index in [0.717, 1.165) is 5.56 Å². The van der Waals surface area contributed by atoms with Crippen molar-refractivity contribution in [3.05, 3.63) is 70.1 Å². The van der Waals surface area contributed by atoms with Crippen LogP contribution in [0.15, 0.2) is 53.9 Å². The fraction of sp³-hybridized carbons (Fsp3) is 0.100. The molecule has 5 nitrogen and oxygen atoms in total. The van der Waals surface area contributed by atoms with Crippen molar-refractivity contribution in [2.24, 2.45) is 0 Å². The number of carbonyl (C=O) groups excluding carboxylic acids is 2. The number of anilines is 1. The van der Waals surface area contributed by atoms with Gasteiger partial charge in [-0.3, -0.25) is 4.79 Å². The van der Waals surface area contributed by atoms with Crippen molar-refractivity contribution < 1.29 is 19.1 Å². The number of hydrogen-bond donors (Lipinski definition) is 1. The molecule has 1 amide bonds. The van der Waals surface area contributed by atoms with Crippen LogP contribution in [0.1, 0.15) is 20.7 Å². The summed E-state index contributed by atoms with van der Waals surface area (Å²) in [4.78, 5) is 24.9. The Morgan fingerprint density at radius 3 is 2.44 bits per heavy atom. The largest absolute Gasteiger partial charge is 0.497 e. The summed E-state index contributed by atoms with van der Waals surface area (Å²) in [6, 6.07) is 13.9. The van der Waals surface area contributed by atoms with E-state index in [0.29, 0.717) is 32.5 Å². The summed E-state index contributed by atoms with van der Waals surface area (Å²) < 4.78 is 10.1. The Morgan fingerprint density at radius 1 is 1.07 bits per heavy atom. The molecule has 3 aromatic rings. The highest BCUT2D eigenvalue weighted by molar-refractivity contribution is 7.15. The Balaban J connectivity index is 1.97. The number of halogens is 1. The molecule has 0 aliphatic rings. The second-order valence-corrected chi connectivity index (χ2v) is 6.85. The average molecular weight is 402 g/mol. The van der Waals surface area contributed by atoms with Gasteiger partial charge >= 0.3 is 5.97 Å². The van der Waals surface area contributed by atoms with Gasteiger partial charge in [-0.1, -0.05) is 29.8 Å². The van der Waals surface area contributed by atoms with Crippen molar-refractivity contribution in [1.82, 2.24) is 0 Å². The quantitative estimate of drug-likeness (QED) is 0.603. The van der Waals surface area contributed by atoms with Gasteiger partial charge in [-0.05, 0) is 35.9 Å². The van der Waals surface area contributed by atoms with E-state index in [1.165, 1.54) is 18.4 Å². The first kappa shape index (κ1) is 18.9. The van der Waals surface area contributed by atoms with Gasteiger partial charge in [0.05, 0.1) is 14.2 Å². The third-order valence-corrected chi connectivity index (χ3v) is 5.03. The lowest BCUT2D eigenvalue weighted by molar-refractivity contribution is 0.0603. The maximum Gasteiger partial charge on any atom is 0.341 e. The van der Waals surface area contributed by atoms with Crippen molar-refractivity contribution in [3.63, 3.8) is 0 Å². The Morgan fingerprint density at radius 2 is 1.81 bits per heavy atom. The van der Waals surface area contributed by atoms with Crippen LogP contribution in [0.4, 0.5) is 5.00 Å². The molecule has 27 heavy (non-hydrogen) atoms. The van der Waals surface area contributed by atoms with E-state index < -0.39 is 5.97 Å². The Labute approximate surface area is 165 Å². The molecule has 1 heterocycles. The van der Waals surface area contributed by atoms with Gasteiger partial charge in [-0.15, -0.1) is 11.3 Å². The summed E-state index contributed by atoms with van der Waals surface area (Å²) in [5.41, 5.74) is 2.20. The van der Waals surface area contributed by atoms with Gasteiger partial charge < -0.3 is 14.8 Å². The number of nitrogens with one attached hydrogen (secondary N) is 1. The highest BCUT2D eigenvalue weighted by Crippen LogP contribution is 2.37. The number of hydrogen-bond acceptors (Lipinski definition) is 5. The number of amides is 1. The maximum absolute atomic E-state index is 12.5. The second kappa shape index (κ2) is 8.24. The van der Waals surface area contributed by atoms with E-state index in [9.17, 15) is 9.59 Å². The van der Waals surface area contributed by atoms with Gasteiger partial charge in [-0.2, -0.15) is 0 Å². The molecule has 0 saturated carbocycles. The molecule has 0 bridgehead atoms. The Kier molecular flexibility index (Phi) is 5.78. The third kappa shape index (κ3) is 4.13. The minimum absolute atomic E-state index is 0.308. The number of esters is 1. The summed E-state index contributed by atoms with van der Waals surface area (Å²) in [6.45, 7) is 0. The fourth-order valence-electron chi connectivity index (χ4n) is 2.54. The smallest absolute Gasteiger partial charge is 0.341 e. The van der Waals surface area contributed by atoms with E-state index >= 15 is 0 Å². The van der Waals surface area contributed by atoms with Gasteiger partial charge in [-0.25, -0.2) is 4.79 Å². The topological polar surface area (TPSA) is 64.6 Å². The van der Waals surface area contributed by atoms with Crippen LogP contribution >= 0.6 is 22.9 Å². The van der Waals surface area contributed by atoms with Crippen molar-refractivity contribution in [2.45, 2.75) is 0 Å². The minimum atomic E-state index is -0.525. The van der Waals surface area contributed by atoms with Crippen LogP contribution in [0.3, 0.4) is 0 Å². The number of ether oxygens (including phenoxy) is 2. The van der Waals surface area contributed by atoms with Crippen LogP contribution in [-0.4, -0.2) is 26.1 Å². The molecule has 2 aromatic carbocycles. The normalized spacial score (nSPS) is 10.3. The molecule has 1 aromatic heterocycles. The van der Waals surface area contributed by atoms with E-state index in [1.807, 2.05) is 17.5 Å². The molecule has 7 heteroatoms. The zero-order valence-corrected chi connectivity index (χ0v) is 16.2. The van der Waals surface area contributed by atoms with Crippen LogP contribution < -0.4 is 10.1 Å². The zero-order chi connectivity index (χ0) is 19.4. The molecule has 0 aliphatic carbocycles. The van der Waals surface area contributed by atoms with Crippen LogP contribution in [0.2, 0.25) is 5.02 Å². The lowest BCUT2D eigenvalue weighted by Crippen LogP contribution is -2.14. The first-order valence-electron chi connectivity index (χ1n) is 7.94. The van der Waals surface area contributed by atoms with E-state index in [4.69, 9.17) is 21.1 Å². The van der Waals surface area contributed by atoms with Gasteiger partial charge in [0.25, 0.3) is 5.91 Å². The predicted molar refractivity (Wildman–Crippen MR) is 107 cm³/mol. The Bertz CT molecular complexity index is 982. The van der Waals surface area contributed by atoms with Crippen molar-refractivity contribution in [3.8, 4) is 16.9 Å². The SMILES string of the molecule is COC(=O)c1c(-c2ccc(OC)cc2)csc1NC(=O)c1cccc(Cl)c1. The molecule has 138 valence electrons. The summed E-state index contributed by atoms with van der Waals surface area (Å²) in [5.74, 6) is -0.169. The third-order valence-electron chi connectivity index (χ3n) is 3.90. The average Bonchev–Trinajstić information content (AvgIpc) is 3.10. The predicted octanol–water partition coefficient (Wildman–Crippen LogP) is 5.12. The molecule has 0 spiro atoms. The lowest BCUT2D eigenvalue weighted by atomic mass is 10.0. The molecule has 0 unspecified atom stereocenters. The number of carbonyl (C=O) groups is 2. The number of methoxy groups -OCH3 is 2. The van der Waals surface area contributed by atoms with Crippen LogP contribution in [-0.2, 0) is 4.74 Å². The van der Waals surface area contributed by atoms with Crippen molar-refractivity contribution >= 4 is 39.8 Å². The summed E-state index contributed by atoms with van der Waals surface area (Å²) in [6.07, 6.45) is 0. The minimum Gasteiger partial charge on any atom is -0.497 e. The van der Waals surface area contributed by atoms with Crippen molar-refractivity contribution in [2.75, 3.05) is 19.5 Å². The molecule has 0 atom stereocenters. The van der Waals surface area contributed by atoms with Crippen LogP contribution in [0, 0.1) is 0 Å². The maximum atomic E-state index is 12.5. The summed E-state index contributed by atoms with van der Waals surface area (Å²) >= 11 is 7.20. The van der Waals surface area contributed by atoms with Crippen molar-refractivity contribution in [1.29, 1.82) is 0 Å². The monoisotopic (exact) mass is 401 g/mol. The molecular formula is C20H16ClNO4S. The first-order valence-corrected chi connectivity index (χ1v) is 9.20. The highest BCUT2D eigenvalue weighted by atomic mass is 35.5. The van der Waals surface area contributed by atoms with E-state index in [2.05, 4.69) is 5.32 Å². The number of thiophene rings is 1. The standard InChI is InChI=1S/C20H16ClNO4S/c1-25-15-8-6-12(7-9-15)16-11-27-19(17(16)20(24)26-2)22-18(23)13-4-3-5-14(21)10-13/h3-11H,1-2H3,(H,22,23). The first-order chi connectivity index (χ1) is 13.0. The number of benzene rings is 2. The summed E-state index contributed by atoms with van der Waals surface area (Å²) in [7, 11) is 2.89. The van der Waals surface area contributed by atoms with Gasteiger partial charge in [0.15, 0.2) is 0 Å².